The van der Waals surface area contributed by atoms with Gasteiger partial charge >= 0.3 is 0 Å². The van der Waals surface area contributed by atoms with E-state index in [0.717, 1.165) is 35.3 Å². The van der Waals surface area contributed by atoms with Gasteiger partial charge in [-0.2, -0.15) is 0 Å². The van der Waals surface area contributed by atoms with Crippen LogP contribution in [0.25, 0.3) is 0 Å². The Morgan fingerprint density at radius 2 is 2.11 bits per heavy atom. The van der Waals surface area contributed by atoms with Crippen LogP contribution in [-0.4, -0.2) is 30.6 Å². The zero-order chi connectivity index (χ0) is 13.1. The maximum Gasteiger partial charge on any atom is 0.120 e. The molecule has 1 aromatic rings. The maximum atomic E-state index is 5.87. The molecule has 0 spiro atoms. The minimum Gasteiger partial charge on any atom is -0.492 e. The van der Waals surface area contributed by atoms with Gasteiger partial charge in [0.2, 0.25) is 0 Å². The van der Waals surface area contributed by atoms with Gasteiger partial charge in [-0.25, -0.2) is 0 Å². The number of hydrogen-bond donors (Lipinski definition) is 0. The van der Waals surface area contributed by atoms with Crippen molar-refractivity contribution in [3.8, 4) is 5.75 Å². The molecule has 0 radical (unpaired) electrons. The molecule has 0 aromatic heterocycles. The van der Waals surface area contributed by atoms with Gasteiger partial charge in [0.1, 0.15) is 12.4 Å². The first kappa shape index (κ1) is 13.4. The molecule has 1 aliphatic carbocycles. The van der Waals surface area contributed by atoms with Crippen molar-refractivity contribution in [2.24, 2.45) is 5.92 Å². The van der Waals surface area contributed by atoms with Gasteiger partial charge in [-0.15, -0.1) is 0 Å². The quantitative estimate of drug-likeness (QED) is 0.827. The van der Waals surface area contributed by atoms with E-state index in [1.54, 1.807) is 0 Å². The molecule has 0 N–H and O–H groups in total. The molecule has 1 saturated heterocycles. The van der Waals surface area contributed by atoms with Crippen molar-refractivity contribution in [3.63, 3.8) is 0 Å². The SMILES string of the molecule is Brc1cccc(OCCN2CCCC3CCCC32)c1. The summed E-state index contributed by atoms with van der Waals surface area (Å²) in [6.07, 6.45) is 7.11. The summed E-state index contributed by atoms with van der Waals surface area (Å²) < 4.78 is 6.95. The third kappa shape index (κ3) is 3.32. The van der Waals surface area contributed by atoms with Gasteiger partial charge in [0.15, 0.2) is 0 Å². The third-order valence-corrected chi connectivity index (χ3v) is 5.04. The van der Waals surface area contributed by atoms with Gasteiger partial charge in [-0.3, -0.25) is 4.90 Å². The van der Waals surface area contributed by atoms with Gasteiger partial charge in [0, 0.05) is 17.1 Å². The van der Waals surface area contributed by atoms with E-state index < -0.39 is 0 Å². The fraction of sp³-hybridized carbons (Fsp3) is 0.625. The monoisotopic (exact) mass is 323 g/mol. The van der Waals surface area contributed by atoms with Crippen molar-refractivity contribution in [2.75, 3.05) is 19.7 Å². The molecule has 2 unspecified atom stereocenters. The second kappa shape index (κ2) is 6.27. The van der Waals surface area contributed by atoms with Crippen molar-refractivity contribution in [2.45, 2.75) is 38.1 Å². The Kier molecular flexibility index (Phi) is 4.44. The van der Waals surface area contributed by atoms with E-state index in [9.17, 15) is 0 Å². The molecule has 2 atom stereocenters. The number of halogens is 1. The molecule has 1 saturated carbocycles. The first-order chi connectivity index (χ1) is 9.33. The van der Waals surface area contributed by atoms with Crippen LogP contribution in [0.5, 0.6) is 5.75 Å². The molecule has 0 amide bonds. The first-order valence-electron chi connectivity index (χ1n) is 7.45. The highest BCUT2D eigenvalue weighted by molar-refractivity contribution is 9.10. The van der Waals surface area contributed by atoms with Crippen LogP contribution < -0.4 is 4.74 Å². The molecule has 19 heavy (non-hydrogen) atoms. The highest BCUT2D eigenvalue weighted by Gasteiger charge is 2.34. The lowest BCUT2D eigenvalue weighted by atomic mass is 9.92. The highest BCUT2D eigenvalue weighted by atomic mass is 79.9. The smallest absolute Gasteiger partial charge is 0.120 e. The summed E-state index contributed by atoms with van der Waals surface area (Å²) in [5.74, 6) is 1.94. The minimum absolute atomic E-state index is 0.805. The Hall–Kier alpha value is -0.540. The Morgan fingerprint density at radius 1 is 1.21 bits per heavy atom. The lowest BCUT2D eigenvalue weighted by Gasteiger charge is -2.37. The molecule has 0 bridgehead atoms. The van der Waals surface area contributed by atoms with E-state index in [2.05, 4.69) is 20.8 Å². The second-order valence-electron chi connectivity index (χ2n) is 5.74. The average molecular weight is 324 g/mol. The number of hydrogen-bond acceptors (Lipinski definition) is 2. The minimum atomic E-state index is 0.805. The van der Waals surface area contributed by atoms with Gasteiger partial charge in [0.25, 0.3) is 0 Å². The lowest BCUT2D eigenvalue weighted by Crippen LogP contribution is -2.44. The van der Waals surface area contributed by atoms with Crippen LogP contribution in [0.3, 0.4) is 0 Å². The van der Waals surface area contributed by atoms with Gasteiger partial charge in [-0.1, -0.05) is 28.4 Å². The number of piperidine rings is 1. The molecule has 1 aliphatic heterocycles. The number of likely N-dealkylation sites (tertiary alicyclic amines) is 1. The molecule has 2 fully saturated rings. The molecular weight excluding hydrogens is 302 g/mol. The van der Waals surface area contributed by atoms with Gasteiger partial charge in [0.05, 0.1) is 0 Å². The molecule has 2 nitrogen and oxygen atoms in total. The zero-order valence-corrected chi connectivity index (χ0v) is 12.9. The number of benzene rings is 1. The Balaban J connectivity index is 1.49. The van der Waals surface area contributed by atoms with E-state index in [1.165, 1.54) is 38.6 Å². The van der Waals surface area contributed by atoms with Crippen LogP contribution in [0.1, 0.15) is 32.1 Å². The fourth-order valence-electron chi connectivity index (χ4n) is 3.67. The van der Waals surface area contributed by atoms with Crippen LogP contribution in [0.4, 0.5) is 0 Å². The van der Waals surface area contributed by atoms with Gasteiger partial charge < -0.3 is 4.74 Å². The predicted octanol–water partition coefficient (Wildman–Crippen LogP) is 4.09. The van der Waals surface area contributed by atoms with Crippen LogP contribution in [0.2, 0.25) is 0 Å². The van der Waals surface area contributed by atoms with Crippen LogP contribution in [0.15, 0.2) is 28.7 Å². The average Bonchev–Trinajstić information content (AvgIpc) is 2.88. The Labute approximate surface area is 124 Å². The topological polar surface area (TPSA) is 12.5 Å². The summed E-state index contributed by atoms with van der Waals surface area (Å²) in [6.45, 7) is 3.15. The largest absolute Gasteiger partial charge is 0.492 e. The van der Waals surface area contributed by atoms with E-state index >= 15 is 0 Å². The number of ether oxygens (including phenoxy) is 1. The summed E-state index contributed by atoms with van der Waals surface area (Å²) in [5, 5.41) is 0. The maximum absolute atomic E-state index is 5.87. The molecular formula is C16H22BrNO. The second-order valence-corrected chi connectivity index (χ2v) is 6.66. The summed E-state index contributed by atoms with van der Waals surface area (Å²) in [7, 11) is 0. The van der Waals surface area contributed by atoms with Crippen LogP contribution in [0, 0.1) is 5.92 Å². The van der Waals surface area contributed by atoms with Gasteiger partial charge in [-0.05, 0) is 56.3 Å². The molecule has 1 aromatic carbocycles. The lowest BCUT2D eigenvalue weighted by molar-refractivity contribution is 0.0951. The van der Waals surface area contributed by atoms with Crippen molar-refractivity contribution < 1.29 is 4.74 Å². The van der Waals surface area contributed by atoms with Crippen molar-refractivity contribution in [1.82, 2.24) is 4.90 Å². The number of rotatable bonds is 4. The van der Waals surface area contributed by atoms with Crippen molar-refractivity contribution >= 4 is 15.9 Å². The van der Waals surface area contributed by atoms with Crippen molar-refractivity contribution in [1.29, 1.82) is 0 Å². The predicted molar refractivity (Wildman–Crippen MR) is 81.6 cm³/mol. The first-order valence-corrected chi connectivity index (χ1v) is 8.24. The molecule has 2 aliphatic rings. The van der Waals surface area contributed by atoms with Crippen LogP contribution >= 0.6 is 15.9 Å². The summed E-state index contributed by atoms with van der Waals surface area (Å²) in [6, 6.07) is 8.96. The third-order valence-electron chi connectivity index (χ3n) is 4.55. The summed E-state index contributed by atoms with van der Waals surface area (Å²) in [5.41, 5.74) is 0. The van der Waals surface area contributed by atoms with Crippen LogP contribution in [-0.2, 0) is 0 Å². The van der Waals surface area contributed by atoms with E-state index in [1.807, 2.05) is 24.3 Å². The molecule has 3 heteroatoms. The summed E-state index contributed by atoms with van der Waals surface area (Å²) >= 11 is 3.48. The van der Waals surface area contributed by atoms with E-state index in [-0.39, 0.29) is 0 Å². The standard InChI is InChI=1S/C16H22BrNO/c17-14-6-2-7-15(12-14)19-11-10-18-9-3-5-13-4-1-8-16(13)18/h2,6-7,12-13,16H,1,3-5,8-11H2. The molecule has 3 rings (SSSR count). The highest BCUT2D eigenvalue weighted by Crippen LogP contribution is 2.36. The number of nitrogens with zero attached hydrogens (tertiary/aromatic N) is 1. The molecule has 1 heterocycles. The Morgan fingerprint density at radius 3 is 3.00 bits per heavy atom. The van der Waals surface area contributed by atoms with Crippen molar-refractivity contribution in [3.05, 3.63) is 28.7 Å². The number of fused-ring (bicyclic) bond motifs is 1. The van der Waals surface area contributed by atoms with E-state index in [4.69, 9.17) is 4.74 Å². The van der Waals surface area contributed by atoms with E-state index in [0.29, 0.717) is 0 Å². The fourth-order valence-corrected chi connectivity index (χ4v) is 4.05. The zero-order valence-electron chi connectivity index (χ0n) is 11.4. The summed E-state index contributed by atoms with van der Waals surface area (Å²) in [4.78, 5) is 2.67. The molecule has 104 valence electrons. The normalized spacial score (nSPS) is 27.2. The Bertz CT molecular complexity index is 423.